The lowest BCUT2D eigenvalue weighted by Crippen LogP contribution is -2.04. The summed E-state index contributed by atoms with van der Waals surface area (Å²) in [7, 11) is 0. The molecule has 0 radical (unpaired) electrons. The van der Waals surface area contributed by atoms with Gasteiger partial charge in [0, 0.05) is 38.2 Å². The Balaban J connectivity index is 1.14. The smallest absolute Gasteiger partial charge is 0.143 e. The van der Waals surface area contributed by atoms with Gasteiger partial charge in [-0.25, -0.2) is 0 Å². The van der Waals surface area contributed by atoms with E-state index in [1.54, 1.807) is 0 Å². The third-order valence-corrected chi connectivity index (χ3v) is 9.80. The summed E-state index contributed by atoms with van der Waals surface area (Å²) in [6, 6.07) is 58.6. The van der Waals surface area contributed by atoms with Crippen LogP contribution in [0.15, 0.2) is 173 Å². The second-order valence-electron chi connectivity index (χ2n) is 12.4. The van der Waals surface area contributed by atoms with Gasteiger partial charge in [-0.2, -0.15) is 0 Å². The normalized spacial score (nSPS) is 12.6. The van der Waals surface area contributed by atoms with Gasteiger partial charge in [0.2, 0.25) is 0 Å². The summed E-state index contributed by atoms with van der Waals surface area (Å²) in [5.74, 6) is 0.0305. The topological polar surface area (TPSA) is 26.3 Å². The van der Waals surface area contributed by atoms with Crippen molar-refractivity contribution >= 4 is 65.4 Å². The van der Waals surface area contributed by atoms with Crippen molar-refractivity contribution in [1.29, 1.82) is 0 Å². The Morgan fingerprint density at radius 3 is 1.85 bits per heavy atom. The molecule has 2 heterocycles. The summed E-state index contributed by atoms with van der Waals surface area (Å²) in [6.45, 7) is 0. The lowest BCUT2D eigenvalue weighted by Gasteiger charge is -2.21. The molecular weight excluding hydrogens is 572 g/mol. The molecule has 220 valence electrons. The summed E-state index contributed by atoms with van der Waals surface area (Å²) in [5.41, 5.74) is 9.76. The van der Waals surface area contributed by atoms with Crippen LogP contribution in [0.2, 0.25) is 0 Å². The SMILES string of the molecule is c1ccc(C(c2cccc(-c3ccc4c(c3)oc3c5ccccc5ccc43)c2)c2cccc3c2ccc2c4ccccc4oc32)cc1. The molecule has 0 amide bonds. The van der Waals surface area contributed by atoms with Crippen molar-refractivity contribution in [1.82, 2.24) is 0 Å². The van der Waals surface area contributed by atoms with Crippen LogP contribution in [-0.2, 0) is 0 Å². The standard InChI is InChI=1S/C45H28O2/c1-2-11-29(12-3-1)43(37-17-9-18-38-34(37)24-25-40-35-16-6-7-19-41(35)46-45(38)40)32-14-8-13-30(26-32)31-21-22-36-39-23-20-28-10-4-5-15-33(28)44(39)47-42(36)27-31/h1-27,43H. The quantitative estimate of drug-likeness (QED) is 0.188. The van der Waals surface area contributed by atoms with Gasteiger partial charge >= 0.3 is 0 Å². The molecule has 2 nitrogen and oxygen atoms in total. The summed E-state index contributed by atoms with van der Waals surface area (Å²) >= 11 is 0. The molecule has 47 heavy (non-hydrogen) atoms. The van der Waals surface area contributed by atoms with Crippen molar-refractivity contribution in [3.05, 3.63) is 180 Å². The van der Waals surface area contributed by atoms with Crippen molar-refractivity contribution in [3.63, 3.8) is 0 Å². The van der Waals surface area contributed by atoms with E-state index in [2.05, 4.69) is 152 Å². The molecular formula is C45H28O2. The van der Waals surface area contributed by atoms with E-state index in [0.29, 0.717) is 0 Å². The van der Waals surface area contributed by atoms with Crippen molar-refractivity contribution in [3.8, 4) is 11.1 Å². The average Bonchev–Trinajstić information content (AvgIpc) is 3.71. The molecule has 10 rings (SSSR count). The van der Waals surface area contributed by atoms with Crippen molar-refractivity contribution in [2.24, 2.45) is 0 Å². The first kappa shape index (κ1) is 26.1. The fourth-order valence-corrected chi connectivity index (χ4v) is 7.60. The van der Waals surface area contributed by atoms with Crippen LogP contribution in [0, 0.1) is 0 Å². The van der Waals surface area contributed by atoms with Gasteiger partial charge in [-0.1, -0.05) is 133 Å². The van der Waals surface area contributed by atoms with Gasteiger partial charge in [-0.15, -0.1) is 0 Å². The monoisotopic (exact) mass is 600 g/mol. The van der Waals surface area contributed by atoms with Gasteiger partial charge in [-0.05, 0) is 68.9 Å². The van der Waals surface area contributed by atoms with E-state index >= 15 is 0 Å². The van der Waals surface area contributed by atoms with Crippen molar-refractivity contribution < 1.29 is 8.83 Å². The third-order valence-electron chi connectivity index (χ3n) is 9.80. The summed E-state index contributed by atoms with van der Waals surface area (Å²) < 4.78 is 13.0. The minimum Gasteiger partial charge on any atom is -0.455 e. The number of para-hydroxylation sites is 1. The Morgan fingerprint density at radius 1 is 0.340 bits per heavy atom. The fraction of sp³-hybridized carbons (Fsp3) is 0.0222. The molecule has 0 aliphatic carbocycles. The molecule has 1 atom stereocenters. The van der Waals surface area contributed by atoms with E-state index in [0.717, 1.165) is 65.8 Å². The highest BCUT2D eigenvalue weighted by Gasteiger charge is 2.22. The molecule has 0 N–H and O–H groups in total. The highest BCUT2D eigenvalue weighted by Crippen LogP contribution is 2.42. The highest BCUT2D eigenvalue weighted by atomic mass is 16.3. The van der Waals surface area contributed by atoms with Crippen LogP contribution in [0.3, 0.4) is 0 Å². The van der Waals surface area contributed by atoms with Crippen LogP contribution in [0.4, 0.5) is 0 Å². The first-order valence-corrected chi connectivity index (χ1v) is 16.1. The summed E-state index contributed by atoms with van der Waals surface area (Å²) in [5, 5.41) is 9.26. The van der Waals surface area contributed by atoms with Gasteiger partial charge in [0.1, 0.15) is 22.3 Å². The van der Waals surface area contributed by atoms with Crippen molar-refractivity contribution in [2.75, 3.05) is 0 Å². The number of fused-ring (bicyclic) bond motifs is 10. The van der Waals surface area contributed by atoms with Gasteiger partial charge in [0.05, 0.1) is 0 Å². The van der Waals surface area contributed by atoms with Crippen molar-refractivity contribution in [2.45, 2.75) is 5.92 Å². The molecule has 2 aromatic heterocycles. The summed E-state index contributed by atoms with van der Waals surface area (Å²) in [6.07, 6.45) is 0. The maximum atomic E-state index is 6.54. The third kappa shape index (κ3) is 4.05. The number of rotatable bonds is 4. The van der Waals surface area contributed by atoms with Gasteiger partial charge in [-0.3, -0.25) is 0 Å². The molecule has 0 aliphatic heterocycles. The Kier molecular flexibility index (Phi) is 5.67. The molecule has 0 saturated carbocycles. The molecule has 0 aliphatic rings. The van der Waals surface area contributed by atoms with Gasteiger partial charge < -0.3 is 8.83 Å². The maximum absolute atomic E-state index is 6.54. The average molecular weight is 601 g/mol. The molecule has 0 saturated heterocycles. The predicted molar refractivity (Wildman–Crippen MR) is 195 cm³/mol. The Labute approximate surface area is 271 Å². The van der Waals surface area contributed by atoms with E-state index in [-0.39, 0.29) is 5.92 Å². The Hall–Kier alpha value is -6.12. The van der Waals surface area contributed by atoms with E-state index in [9.17, 15) is 0 Å². The minimum absolute atomic E-state index is 0.0305. The van der Waals surface area contributed by atoms with Crippen LogP contribution in [0.5, 0.6) is 0 Å². The van der Waals surface area contributed by atoms with Gasteiger partial charge in [0.15, 0.2) is 0 Å². The number of hydrogen-bond acceptors (Lipinski definition) is 2. The van der Waals surface area contributed by atoms with Crippen LogP contribution in [-0.4, -0.2) is 0 Å². The Bertz CT molecular complexity index is 2800. The highest BCUT2D eigenvalue weighted by molar-refractivity contribution is 6.16. The lowest BCUT2D eigenvalue weighted by molar-refractivity contribution is 0.672. The number of hydrogen-bond donors (Lipinski definition) is 0. The zero-order chi connectivity index (χ0) is 30.9. The predicted octanol–water partition coefficient (Wildman–Crippen LogP) is 12.6. The second kappa shape index (κ2) is 10.2. The lowest BCUT2D eigenvalue weighted by atomic mass is 9.82. The van der Waals surface area contributed by atoms with E-state index < -0.39 is 0 Å². The van der Waals surface area contributed by atoms with E-state index in [1.165, 1.54) is 27.5 Å². The number of benzene rings is 8. The second-order valence-corrected chi connectivity index (χ2v) is 12.4. The fourth-order valence-electron chi connectivity index (χ4n) is 7.60. The molecule has 0 spiro atoms. The first-order valence-electron chi connectivity index (χ1n) is 16.1. The largest absolute Gasteiger partial charge is 0.455 e. The maximum Gasteiger partial charge on any atom is 0.143 e. The zero-order valence-corrected chi connectivity index (χ0v) is 25.5. The zero-order valence-electron chi connectivity index (χ0n) is 25.5. The van der Waals surface area contributed by atoms with E-state index in [4.69, 9.17) is 8.83 Å². The van der Waals surface area contributed by atoms with Crippen LogP contribution in [0.25, 0.3) is 76.5 Å². The molecule has 1 unspecified atom stereocenters. The van der Waals surface area contributed by atoms with Crippen LogP contribution < -0.4 is 0 Å². The first-order chi connectivity index (χ1) is 23.3. The molecule has 8 aromatic carbocycles. The molecule has 0 fully saturated rings. The molecule has 2 heteroatoms. The Morgan fingerprint density at radius 2 is 0.936 bits per heavy atom. The molecule has 10 aromatic rings. The minimum atomic E-state index is 0.0305. The summed E-state index contributed by atoms with van der Waals surface area (Å²) in [4.78, 5) is 0. The molecule has 0 bridgehead atoms. The van der Waals surface area contributed by atoms with E-state index in [1.807, 2.05) is 12.1 Å². The van der Waals surface area contributed by atoms with Crippen LogP contribution >= 0.6 is 0 Å². The number of furan rings is 2. The van der Waals surface area contributed by atoms with Crippen LogP contribution in [0.1, 0.15) is 22.6 Å². The van der Waals surface area contributed by atoms with Gasteiger partial charge in [0.25, 0.3) is 0 Å².